The van der Waals surface area contributed by atoms with E-state index in [2.05, 4.69) is 65.0 Å². The van der Waals surface area contributed by atoms with Crippen molar-refractivity contribution < 1.29 is 0 Å². The predicted molar refractivity (Wildman–Crippen MR) is 95.8 cm³/mol. The molecule has 116 valence electrons. The second kappa shape index (κ2) is 5.91. The third-order valence-electron chi connectivity index (χ3n) is 5.72. The van der Waals surface area contributed by atoms with Gasteiger partial charge in [0.2, 0.25) is 0 Å². The Morgan fingerprint density at radius 2 is 1.55 bits per heavy atom. The standard InChI is InChI=1S/C22H28/c1-6-18-12-20-10-16(4)17(5)11-21(20)22(13-18)19-8-7-14(2)15(3)9-19/h7-11,18,22H,6,12-13H2,1-5H3/t18-,22?/m0/s1. The molecule has 2 aromatic rings. The van der Waals surface area contributed by atoms with E-state index in [-0.39, 0.29) is 0 Å². The van der Waals surface area contributed by atoms with Crippen molar-refractivity contribution in [3.63, 3.8) is 0 Å². The van der Waals surface area contributed by atoms with Crippen LogP contribution in [0.25, 0.3) is 0 Å². The molecule has 0 aromatic heterocycles. The van der Waals surface area contributed by atoms with E-state index in [0.29, 0.717) is 5.92 Å². The van der Waals surface area contributed by atoms with Crippen LogP contribution in [0.15, 0.2) is 30.3 Å². The lowest BCUT2D eigenvalue weighted by molar-refractivity contribution is 0.416. The van der Waals surface area contributed by atoms with Crippen LogP contribution in [0.2, 0.25) is 0 Å². The number of hydrogen-bond donors (Lipinski definition) is 0. The third kappa shape index (κ3) is 2.72. The molecule has 0 bridgehead atoms. The van der Waals surface area contributed by atoms with Crippen molar-refractivity contribution in [3.8, 4) is 0 Å². The summed E-state index contributed by atoms with van der Waals surface area (Å²) in [6.45, 7) is 11.3. The zero-order valence-electron chi connectivity index (χ0n) is 14.7. The summed E-state index contributed by atoms with van der Waals surface area (Å²) in [6, 6.07) is 12.0. The Balaban J connectivity index is 2.11. The maximum atomic E-state index is 2.45. The van der Waals surface area contributed by atoms with Crippen LogP contribution in [-0.2, 0) is 6.42 Å². The van der Waals surface area contributed by atoms with Crippen LogP contribution in [-0.4, -0.2) is 0 Å². The molecular weight excluding hydrogens is 264 g/mol. The second-order valence-corrected chi connectivity index (χ2v) is 7.25. The lowest BCUT2D eigenvalue weighted by atomic mass is 9.72. The van der Waals surface area contributed by atoms with Crippen LogP contribution < -0.4 is 0 Å². The normalized spacial score (nSPS) is 20.8. The lowest BCUT2D eigenvalue weighted by Gasteiger charge is -2.32. The summed E-state index contributed by atoms with van der Waals surface area (Å²) < 4.78 is 0. The first-order chi connectivity index (χ1) is 10.5. The van der Waals surface area contributed by atoms with Gasteiger partial charge in [-0.25, -0.2) is 0 Å². The molecule has 0 radical (unpaired) electrons. The molecule has 3 rings (SSSR count). The monoisotopic (exact) mass is 292 g/mol. The van der Waals surface area contributed by atoms with Gasteiger partial charge in [0.1, 0.15) is 0 Å². The summed E-state index contributed by atoms with van der Waals surface area (Å²) in [6.07, 6.45) is 3.84. The Morgan fingerprint density at radius 1 is 0.864 bits per heavy atom. The van der Waals surface area contributed by atoms with Crippen molar-refractivity contribution in [3.05, 3.63) is 69.3 Å². The first-order valence-corrected chi connectivity index (χ1v) is 8.66. The Hall–Kier alpha value is -1.56. The smallest absolute Gasteiger partial charge is 0.00950 e. The average molecular weight is 292 g/mol. The molecule has 2 aromatic carbocycles. The maximum Gasteiger partial charge on any atom is 0.00950 e. The Morgan fingerprint density at radius 3 is 2.23 bits per heavy atom. The number of rotatable bonds is 2. The molecule has 1 unspecified atom stereocenters. The minimum atomic E-state index is 0.576. The van der Waals surface area contributed by atoms with E-state index in [1.54, 1.807) is 11.1 Å². The van der Waals surface area contributed by atoms with Gasteiger partial charge in [-0.15, -0.1) is 0 Å². The molecule has 0 N–H and O–H groups in total. The molecule has 1 aliphatic carbocycles. The van der Waals surface area contributed by atoms with E-state index in [0.717, 1.165) is 5.92 Å². The molecule has 0 saturated carbocycles. The van der Waals surface area contributed by atoms with Crippen LogP contribution in [0.4, 0.5) is 0 Å². The van der Waals surface area contributed by atoms with Crippen molar-refractivity contribution >= 4 is 0 Å². The average Bonchev–Trinajstić information content (AvgIpc) is 2.50. The van der Waals surface area contributed by atoms with Crippen molar-refractivity contribution in [2.75, 3.05) is 0 Å². The summed E-state index contributed by atoms with van der Waals surface area (Å²) >= 11 is 0. The molecule has 2 atom stereocenters. The van der Waals surface area contributed by atoms with Crippen molar-refractivity contribution in [2.24, 2.45) is 5.92 Å². The van der Waals surface area contributed by atoms with Crippen molar-refractivity contribution in [1.29, 1.82) is 0 Å². The van der Waals surface area contributed by atoms with Gasteiger partial charge in [0.25, 0.3) is 0 Å². The second-order valence-electron chi connectivity index (χ2n) is 7.25. The predicted octanol–water partition coefficient (Wildman–Crippen LogP) is 6.02. The van der Waals surface area contributed by atoms with Crippen molar-refractivity contribution in [1.82, 2.24) is 0 Å². The Bertz CT molecular complexity index is 693. The summed E-state index contributed by atoms with van der Waals surface area (Å²) in [7, 11) is 0. The minimum absolute atomic E-state index is 0.576. The highest BCUT2D eigenvalue weighted by molar-refractivity contribution is 5.46. The van der Waals surface area contributed by atoms with Crippen LogP contribution in [0.5, 0.6) is 0 Å². The van der Waals surface area contributed by atoms with E-state index in [4.69, 9.17) is 0 Å². The van der Waals surface area contributed by atoms with Crippen LogP contribution in [0.1, 0.15) is 64.6 Å². The quantitative estimate of drug-likeness (QED) is 0.634. The number of hydrogen-bond acceptors (Lipinski definition) is 0. The molecule has 0 heterocycles. The van der Waals surface area contributed by atoms with Crippen LogP contribution >= 0.6 is 0 Å². The molecule has 0 amide bonds. The molecule has 0 fully saturated rings. The highest BCUT2D eigenvalue weighted by atomic mass is 14.3. The van der Waals surface area contributed by atoms with Crippen molar-refractivity contribution in [2.45, 2.75) is 59.8 Å². The summed E-state index contributed by atoms with van der Waals surface area (Å²) in [5, 5.41) is 0. The molecule has 0 nitrogen and oxygen atoms in total. The van der Waals surface area contributed by atoms with Gasteiger partial charge in [-0.1, -0.05) is 43.7 Å². The molecule has 22 heavy (non-hydrogen) atoms. The maximum absolute atomic E-state index is 2.45. The third-order valence-corrected chi connectivity index (χ3v) is 5.72. The van der Waals surface area contributed by atoms with Gasteiger partial charge in [0.15, 0.2) is 0 Å². The van der Waals surface area contributed by atoms with Gasteiger partial charge in [-0.2, -0.15) is 0 Å². The van der Waals surface area contributed by atoms with Crippen LogP contribution in [0, 0.1) is 33.6 Å². The molecule has 0 spiro atoms. The summed E-state index contributed by atoms with van der Waals surface area (Å²) in [5.74, 6) is 1.40. The molecule has 1 aliphatic rings. The summed E-state index contributed by atoms with van der Waals surface area (Å²) in [5.41, 5.74) is 10.4. The van der Waals surface area contributed by atoms with E-state index in [9.17, 15) is 0 Å². The van der Waals surface area contributed by atoms with E-state index in [1.807, 2.05) is 0 Å². The van der Waals surface area contributed by atoms with Gasteiger partial charge < -0.3 is 0 Å². The van der Waals surface area contributed by atoms with Crippen LogP contribution in [0.3, 0.4) is 0 Å². The zero-order chi connectivity index (χ0) is 15.9. The number of fused-ring (bicyclic) bond motifs is 1. The topological polar surface area (TPSA) is 0 Å². The Labute approximate surface area is 135 Å². The van der Waals surface area contributed by atoms with Gasteiger partial charge in [0.05, 0.1) is 0 Å². The van der Waals surface area contributed by atoms with E-state index >= 15 is 0 Å². The fourth-order valence-electron chi connectivity index (χ4n) is 3.86. The van der Waals surface area contributed by atoms with E-state index in [1.165, 1.54) is 47.1 Å². The largest absolute Gasteiger partial charge is 0.0651 e. The summed E-state index contributed by atoms with van der Waals surface area (Å²) in [4.78, 5) is 0. The number of benzene rings is 2. The highest BCUT2D eigenvalue weighted by Gasteiger charge is 2.27. The molecular formula is C22H28. The fraction of sp³-hybridized carbons (Fsp3) is 0.455. The van der Waals surface area contributed by atoms with Gasteiger partial charge in [0, 0.05) is 5.92 Å². The van der Waals surface area contributed by atoms with E-state index < -0.39 is 0 Å². The number of aryl methyl sites for hydroxylation is 4. The Kier molecular flexibility index (Phi) is 4.12. The minimum Gasteiger partial charge on any atom is -0.0651 e. The first-order valence-electron chi connectivity index (χ1n) is 8.66. The van der Waals surface area contributed by atoms with Gasteiger partial charge in [-0.05, 0) is 85.4 Å². The molecule has 0 aliphatic heterocycles. The molecule has 0 saturated heterocycles. The highest BCUT2D eigenvalue weighted by Crippen LogP contribution is 2.41. The molecule has 0 heteroatoms. The SMILES string of the molecule is CC[C@H]1Cc2cc(C)c(C)cc2C(c2ccc(C)c(C)c2)C1. The van der Waals surface area contributed by atoms with Gasteiger partial charge >= 0.3 is 0 Å². The first kappa shape index (κ1) is 15.3. The fourth-order valence-corrected chi connectivity index (χ4v) is 3.86. The zero-order valence-corrected chi connectivity index (χ0v) is 14.7. The van der Waals surface area contributed by atoms with Gasteiger partial charge in [-0.3, -0.25) is 0 Å². The lowest BCUT2D eigenvalue weighted by Crippen LogP contribution is -2.20.